The fraction of sp³-hybridized carbons (Fsp3) is 1.00. The molecule has 2 rings (SSSR count). The molecule has 0 unspecified atom stereocenters. The Morgan fingerprint density at radius 3 is 1.93 bits per heavy atom. The van der Waals surface area contributed by atoms with Crippen LogP contribution in [0, 0.1) is 0 Å². The van der Waals surface area contributed by atoms with E-state index in [4.69, 9.17) is 0 Å². The van der Waals surface area contributed by atoms with E-state index in [-0.39, 0.29) is 6.10 Å². The minimum atomic E-state index is -0.0179. The zero-order valence-corrected chi connectivity index (χ0v) is 10.2. The highest BCUT2D eigenvalue weighted by Gasteiger charge is 2.35. The van der Waals surface area contributed by atoms with Gasteiger partial charge >= 0.3 is 0 Å². The predicted molar refractivity (Wildman–Crippen MR) is 61.9 cm³/mol. The summed E-state index contributed by atoms with van der Waals surface area (Å²) in [5, 5.41) is 9.29. The van der Waals surface area contributed by atoms with E-state index in [0.717, 1.165) is 12.8 Å². The van der Waals surface area contributed by atoms with Gasteiger partial charge in [-0.1, -0.05) is 0 Å². The van der Waals surface area contributed by atoms with Gasteiger partial charge < -0.3 is 5.11 Å². The SMILES string of the molecule is CC(C)(C)N1CCN(C2CC(O)C2)CC1. The molecule has 1 saturated heterocycles. The molecule has 2 fully saturated rings. The molecule has 0 amide bonds. The third kappa shape index (κ3) is 2.52. The lowest BCUT2D eigenvalue weighted by Crippen LogP contribution is -2.58. The Balaban J connectivity index is 1.77. The lowest BCUT2D eigenvalue weighted by Gasteiger charge is -2.48. The van der Waals surface area contributed by atoms with Gasteiger partial charge in [0.15, 0.2) is 0 Å². The van der Waals surface area contributed by atoms with Crippen LogP contribution in [0.3, 0.4) is 0 Å². The first-order valence-corrected chi connectivity index (χ1v) is 6.14. The molecule has 3 heteroatoms. The van der Waals surface area contributed by atoms with E-state index in [1.54, 1.807) is 0 Å². The van der Waals surface area contributed by atoms with Crippen LogP contribution in [-0.2, 0) is 0 Å². The first-order valence-electron chi connectivity index (χ1n) is 6.14. The Morgan fingerprint density at radius 1 is 1.00 bits per heavy atom. The number of hydrogen-bond acceptors (Lipinski definition) is 3. The molecule has 0 spiro atoms. The van der Waals surface area contributed by atoms with Crippen molar-refractivity contribution in [3.05, 3.63) is 0 Å². The van der Waals surface area contributed by atoms with Crippen molar-refractivity contribution in [2.45, 2.75) is 51.3 Å². The van der Waals surface area contributed by atoms with Crippen molar-refractivity contribution in [2.75, 3.05) is 26.2 Å². The van der Waals surface area contributed by atoms with Gasteiger partial charge in [0, 0.05) is 37.8 Å². The third-order valence-corrected chi connectivity index (χ3v) is 3.87. The van der Waals surface area contributed by atoms with Crippen molar-refractivity contribution in [3.8, 4) is 0 Å². The van der Waals surface area contributed by atoms with Gasteiger partial charge in [-0.15, -0.1) is 0 Å². The van der Waals surface area contributed by atoms with Crippen molar-refractivity contribution in [1.29, 1.82) is 0 Å². The van der Waals surface area contributed by atoms with Crippen molar-refractivity contribution in [3.63, 3.8) is 0 Å². The van der Waals surface area contributed by atoms with Gasteiger partial charge in [0.2, 0.25) is 0 Å². The summed E-state index contributed by atoms with van der Waals surface area (Å²) in [6, 6.07) is 0.669. The number of aliphatic hydroxyl groups is 1. The summed E-state index contributed by atoms with van der Waals surface area (Å²) in [4.78, 5) is 5.10. The molecule has 0 atom stereocenters. The van der Waals surface area contributed by atoms with Gasteiger partial charge in [0.1, 0.15) is 0 Å². The zero-order chi connectivity index (χ0) is 11.1. The van der Waals surface area contributed by atoms with Gasteiger partial charge in [0.05, 0.1) is 6.10 Å². The van der Waals surface area contributed by atoms with Crippen LogP contribution < -0.4 is 0 Å². The smallest absolute Gasteiger partial charge is 0.0570 e. The molecule has 1 saturated carbocycles. The zero-order valence-electron chi connectivity index (χ0n) is 10.2. The average Bonchev–Trinajstić information content (AvgIpc) is 2.12. The summed E-state index contributed by atoms with van der Waals surface area (Å²) in [6.07, 6.45) is 1.97. The highest BCUT2D eigenvalue weighted by molar-refractivity contribution is 4.91. The number of nitrogens with zero attached hydrogens (tertiary/aromatic N) is 2. The Hall–Kier alpha value is -0.120. The number of aliphatic hydroxyl groups excluding tert-OH is 1. The van der Waals surface area contributed by atoms with E-state index in [1.807, 2.05) is 0 Å². The third-order valence-electron chi connectivity index (χ3n) is 3.87. The molecular weight excluding hydrogens is 188 g/mol. The van der Waals surface area contributed by atoms with E-state index < -0.39 is 0 Å². The lowest BCUT2D eigenvalue weighted by atomic mass is 9.87. The fourth-order valence-corrected chi connectivity index (χ4v) is 2.62. The summed E-state index contributed by atoms with van der Waals surface area (Å²) >= 11 is 0. The van der Waals surface area contributed by atoms with Crippen LogP contribution >= 0.6 is 0 Å². The van der Waals surface area contributed by atoms with Crippen LogP contribution in [0.15, 0.2) is 0 Å². The molecule has 0 aromatic heterocycles. The minimum absolute atomic E-state index is 0.0179. The first kappa shape index (κ1) is 11.4. The molecule has 1 heterocycles. The largest absolute Gasteiger partial charge is 0.393 e. The summed E-state index contributed by atoms with van der Waals surface area (Å²) in [5.74, 6) is 0. The van der Waals surface area contributed by atoms with Crippen LogP contribution in [-0.4, -0.2) is 58.8 Å². The second kappa shape index (κ2) is 4.04. The van der Waals surface area contributed by atoms with Crippen molar-refractivity contribution >= 4 is 0 Å². The Bertz CT molecular complexity index is 210. The van der Waals surface area contributed by atoms with E-state index in [1.165, 1.54) is 26.2 Å². The number of rotatable bonds is 1. The van der Waals surface area contributed by atoms with E-state index >= 15 is 0 Å². The summed E-state index contributed by atoms with van der Waals surface area (Å²) < 4.78 is 0. The Kier molecular flexibility index (Phi) is 3.06. The lowest BCUT2D eigenvalue weighted by molar-refractivity contribution is -0.0303. The quantitative estimate of drug-likeness (QED) is 0.700. The van der Waals surface area contributed by atoms with Gasteiger partial charge in [0.25, 0.3) is 0 Å². The maximum Gasteiger partial charge on any atom is 0.0570 e. The first-order chi connectivity index (χ1) is 6.97. The van der Waals surface area contributed by atoms with Crippen molar-refractivity contribution in [1.82, 2.24) is 9.80 Å². The molecule has 1 aliphatic carbocycles. The Labute approximate surface area is 93.1 Å². The van der Waals surface area contributed by atoms with Crippen LogP contribution in [0.1, 0.15) is 33.6 Å². The second-order valence-electron chi connectivity index (χ2n) is 5.97. The number of piperazine rings is 1. The average molecular weight is 212 g/mol. The van der Waals surface area contributed by atoms with Gasteiger partial charge in [-0.2, -0.15) is 0 Å². The van der Waals surface area contributed by atoms with Gasteiger partial charge in [-0.3, -0.25) is 9.80 Å². The van der Waals surface area contributed by atoms with E-state index in [0.29, 0.717) is 11.6 Å². The monoisotopic (exact) mass is 212 g/mol. The van der Waals surface area contributed by atoms with Crippen LogP contribution in [0.4, 0.5) is 0 Å². The molecule has 88 valence electrons. The minimum Gasteiger partial charge on any atom is -0.393 e. The molecule has 1 aliphatic heterocycles. The molecule has 0 bridgehead atoms. The van der Waals surface area contributed by atoms with Crippen molar-refractivity contribution < 1.29 is 5.11 Å². The van der Waals surface area contributed by atoms with Crippen LogP contribution in [0.25, 0.3) is 0 Å². The van der Waals surface area contributed by atoms with Crippen LogP contribution in [0.5, 0.6) is 0 Å². The van der Waals surface area contributed by atoms with Crippen molar-refractivity contribution in [2.24, 2.45) is 0 Å². The van der Waals surface area contributed by atoms with Gasteiger partial charge in [-0.25, -0.2) is 0 Å². The summed E-state index contributed by atoms with van der Waals surface area (Å²) in [6.45, 7) is 11.6. The summed E-state index contributed by atoms with van der Waals surface area (Å²) in [7, 11) is 0. The topological polar surface area (TPSA) is 26.7 Å². The standard InChI is InChI=1S/C12H24N2O/c1-12(2,3)14-6-4-13(5-7-14)10-8-11(15)9-10/h10-11,15H,4-9H2,1-3H3. The summed E-state index contributed by atoms with van der Waals surface area (Å²) in [5.41, 5.74) is 0.311. The second-order valence-corrected chi connectivity index (χ2v) is 5.97. The fourth-order valence-electron chi connectivity index (χ4n) is 2.62. The molecule has 15 heavy (non-hydrogen) atoms. The predicted octanol–water partition coefficient (Wildman–Crippen LogP) is 0.926. The highest BCUT2D eigenvalue weighted by atomic mass is 16.3. The van der Waals surface area contributed by atoms with Crippen LogP contribution in [0.2, 0.25) is 0 Å². The van der Waals surface area contributed by atoms with E-state index in [2.05, 4.69) is 30.6 Å². The molecule has 3 nitrogen and oxygen atoms in total. The van der Waals surface area contributed by atoms with Gasteiger partial charge in [-0.05, 0) is 33.6 Å². The Morgan fingerprint density at radius 2 is 1.53 bits per heavy atom. The molecule has 0 aromatic carbocycles. The molecule has 0 radical (unpaired) electrons. The maximum absolute atomic E-state index is 9.29. The molecular formula is C12H24N2O. The normalized spacial score (nSPS) is 35.2. The maximum atomic E-state index is 9.29. The molecule has 0 aromatic rings. The molecule has 2 aliphatic rings. The highest BCUT2D eigenvalue weighted by Crippen LogP contribution is 2.27. The van der Waals surface area contributed by atoms with E-state index in [9.17, 15) is 5.11 Å². The molecule has 1 N–H and O–H groups in total. The number of hydrogen-bond donors (Lipinski definition) is 1.